The molecule has 0 bridgehead atoms. The maximum Gasteiger partial charge on any atom is 0.242 e. The fraction of sp³-hybridized carbons (Fsp3) is 0.474. The molecule has 0 spiro atoms. The molecule has 1 aliphatic heterocycles. The van der Waals surface area contributed by atoms with Gasteiger partial charge < -0.3 is 14.7 Å². The van der Waals surface area contributed by atoms with Gasteiger partial charge in [-0.15, -0.1) is 0 Å². The third kappa shape index (κ3) is 5.14. The number of hydrogen-bond acceptors (Lipinski definition) is 6. The first-order chi connectivity index (χ1) is 13.9. The van der Waals surface area contributed by atoms with Gasteiger partial charge in [0.15, 0.2) is 5.96 Å². The summed E-state index contributed by atoms with van der Waals surface area (Å²) in [6, 6.07) is 8.93. The Morgan fingerprint density at radius 1 is 1.21 bits per heavy atom. The van der Waals surface area contributed by atoms with Gasteiger partial charge in [-0.3, -0.25) is 9.89 Å². The second-order valence-corrected chi connectivity index (χ2v) is 9.17. The van der Waals surface area contributed by atoms with Crippen molar-refractivity contribution in [3.8, 4) is 0 Å². The number of aliphatic imine (C=N–C) groups is 1. The van der Waals surface area contributed by atoms with Crippen molar-refractivity contribution in [2.24, 2.45) is 4.99 Å². The molecule has 2 heterocycles. The molecule has 0 radical (unpaired) electrons. The van der Waals surface area contributed by atoms with E-state index in [4.69, 9.17) is 4.52 Å². The van der Waals surface area contributed by atoms with E-state index in [1.165, 1.54) is 18.4 Å². The predicted molar refractivity (Wildman–Crippen MR) is 111 cm³/mol. The van der Waals surface area contributed by atoms with Crippen molar-refractivity contribution in [1.29, 1.82) is 0 Å². The van der Waals surface area contributed by atoms with Gasteiger partial charge >= 0.3 is 0 Å². The van der Waals surface area contributed by atoms with Crippen molar-refractivity contribution in [1.82, 2.24) is 24.6 Å². The van der Waals surface area contributed by atoms with Crippen LogP contribution in [0, 0.1) is 0 Å². The van der Waals surface area contributed by atoms with Crippen molar-refractivity contribution >= 4 is 16.0 Å². The van der Waals surface area contributed by atoms with Gasteiger partial charge in [0.1, 0.15) is 6.26 Å². The topological polar surface area (TPSA) is 94.3 Å². The molecule has 1 aliphatic rings. The molecule has 0 amide bonds. The lowest BCUT2D eigenvalue weighted by Gasteiger charge is -2.36. The van der Waals surface area contributed by atoms with Crippen molar-refractivity contribution in [2.75, 3.05) is 47.3 Å². The van der Waals surface area contributed by atoms with Gasteiger partial charge in [-0.05, 0) is 11.6 Å². The first kappa shape index (κ1) is 21.3. The van der Waals surface area contributed by atoms with Crippen LogP contribution in [-0.2, 0) is 23.1 Å². The van der Waals surface area contributed by atoms with Crippen LogP contribution in [0.15, 0.2) is 51.0 Å². The Labute approximate surface area is 172 Å². The summed E-state index contributed by atoms with van der Waals surface area (Å²) in [5.74, 6) is 0.767. The highest BCUT2D eigenvalue weighted by Crippen LogP contribution is 2.18. The minimum absolute atomic E-state index is 0.311. The number of nitrogens with one attached hydrogen (secondary N) is 1. The third-order valence-corrected chi connectivity index (χ3v) is 6.84. The maximum atomic E-state index is 12.6. The van der Waals surface area contributed by atoms with E-state index in [9.17, 15) is 8.42 Å². The van der Waals surface area contributed by atoms with Crippen molar-refractivity contribution < 1.29 is 12.9 Å². The normalized spacial score (nSPS) is 16.4. The Balaban J connectivity index is 1.60. The molecule has 10 heteroatoms. The Hall–Kier alpha value is -2.43. The summed E-state index contributed by atoms with van der Waals surface area (Å²) in [4.78, 5) is 9.19. The standard InChI is InChI=1S/C19H28N6O3S/c1-20-19(25-11-9-24(10-12-25)15-17-8-13-28-22-17)21-14-16-6-4-5-7-18(16)29(26,27)23(2)3/h4-8,13H,9-12,14-15H2,1-3H3,(H,20,21). The SMILES string of the molecule is CN=C(NCc1ccccc1S(=O)(=O)N(C)C)N1CCN(Cc2ccon2)CC1. The van der Waals surface area contributed by atoms with E-state index in [0.717, 1.165) is 44.4 Å². The molecule has 2 aromatic rings. The Bertz CT molecular complexity index is 919. The highest BCUT2D eigenvalue weighted by molar-refractivity contribution is 7.89. The fourth-order valence-electron chi connectivity index (χ4n) is 3.27. The smallest absolute Gasteiger partial charge is 0.242 e. The van der Waals surface area contributed by atoms with E-state index in [0.29, 0.717) is 17.0 Å². The summed E-state index contributed by atoms with van der Waals surface area (Å²) in [6.45, 7) is 4.59. The van der Waals surface area contributed by atoms with Gasteiger partial charge in [-0.1, -0.05) is 23.4 Å². The fourth-order valence-corrected chi connectivity index (χ4v) is 4.39. The summed E-state index contributed by atoms with van der Waals surface area (Å²) >= 11 is 0. The average Bonchev–Trinajstić information content (AvgIpc) is 3.23. The number of benzene rings is 1. The largest absolute Gasteiger partial charge is 0.364 e. The van der Waals surface area contributed by atoms with Gasteiger partial charge in [0, 0.05) is 66.5 Å². The number of rotatable bonds is 6. The van der Waals surface area contributed by atoms with E-state index >= 15 is 0 Å². The van der Waals surface area contributed by atoms with Crippen LogP contribution in [0.3, 0.4) is 0 Å². The molecule has 158 valence electrons. The summed E-state index contributed by atoms with van der Waals surface area (Å²) in [7, 11) is 1.32. The van der Waals surface area contributed by atoms with Crippen LogP contribution in [0.4, 0.5) is 0 Å². The molecule has 0 saturated carbocycles. The zero-order chi connectivity index (χ0) is 20.9. The highest BCUT2D eigenvalue weighted by Gasteiger charge is 2.23. The van der Waals surface area contributed by atoms with Gasteiger partial charge in [0.2, 0.25) is 10.0 Å². The maximum absolute atomic E-state index is 12.6. The number of aromatic nitrogens is 1. The van der Waals surface area contributed by atoms with Crippen LogP contribution in [-0.4, -0.2) is 81.0 Å². The van der Waals surface area contributed by atoms with Gasteiger partial charge in [0.25, 0.3) is 0 Å². The summed E-state index contributed by atoms with van der Waals surface area (Å²) < 4.78 is 31.3. The molecule has 1 aromatic heterocycles. The Kier molecular flexibility index (Phi) is 6.88. The first-order valence-corrected chi connectivity index (χ1v) is 10.9. The summed E-state index contributed by atoms with van der Waals surface area (Å²) in [6.07, 6.45) is 1.59. The zero-order valence-corrected chi connectivity index (χ0v) is 17.9. The minimum atomic E-state index is -3.50. The van der Waals surface area contributed by atoms with Crippen molar-refractivity contribution in [3.05, 3.63) is 47.9 Å². The molecule has 3 rings (SSSR count). The number of guanidine groups is 1. The number of piperazine rings is 1. The van der Waals surface area contributed by atoms with Crippen LogP contribution >= 0.6 is 0 Å². The minimum Gasteiger partial charge on any atom is -0.364 e. The van der Waals surface area contributed by atoms with E-state index in [2.05, 4.69) is 25.3 Å². The van der Waals surface area contributed by atoms with Gasteiger partial charge in [-0.2, -0.15) is 0 Å². The van der Waals surface area contributed by atoms with E-state index in [1.807, 2.05) is 18.2 Å². The predicted octanol–water partition coefficient (Wildman–Crippen LogP) is 0.818. The molecular formula is C19H28N6O3S. The lowest BCUT2D eigenvalue weighted by atomic mass is 10.2. The Morgan fingerprint density at radius 3 is 2.55 bits per heavy atom. The van der Waals surface area contributed by atoms with Crippen LogP contribution < -0.4 is 5.32 Å². The van der Waals surface area contributed by atoms with E-state index < -0.39 is 10.0 Å². The first-order valence-electron chi connectivity index (χ1n) is 9.49. The molecule has 29 heavy (non-hydrogen) atoms. The molecule has 1 saturated heterocycles. The molecule has 1 fully saturated rings. The van der Waals surface area contributed by atoms with Crippen LogP contribution in [0.2, 0.25) is 0 Å². The zero-order valence-electron chi connectivity index (χ0n) is 17.1. The molecule has 0 aliphatic carbocycles. The number of nitrogens with zero attached hydrogens (tertiary/aromatic N) is 5. The third-order valence-electron chi connectivity index (χ3n) is 4.93. The molecule has 1 aromatic carbocycles. The Morgan fingerprint density at radius 2 is 1.93 bits per heavy atom. The van der Waals surface area contributed by atoms with Crippen LogP contribution in [0.25, 0.3) is 0 Å². The van der Waals surface area contributed by atoms with E-state index in [1.54, 1.807) is 25.4 Å². The lowest BCUT2D eigenvalue weighted by Crippen LogP contribution is -2.52. The highest BCUT2D eigenvalue weighted by atomic mass is 32.2. The van der Waals surface area contributed by atoms with E-state index in [-0.39, 0.29) is 0 Å². The molecule has 0 atom stereocenters. The molecule has 9 nitrogen and oxygen atoms in total. The molecule has 0 unspecified atom stereocenters. The monoisotopic (exact) mass is 420 g/mol. The number of sulfonamides is 1. The second-order valence-electron chi connectivity index (χ2n) is 7.05. The van der Waals surface area contributed by atoms with Crippen molar-refractivity contribution in [3.63, 3.8) is 0 Å². The molecule has 1 N–H and O–H groups in total. The quantitative estimate of drug-likeness (QED) is 0.546. The van der Waals surface area contributed by atoms with Crippen molar-refractivity contribution in [2.45, 2.75) is 18.0 Å². The van der Waals surface area contributed by atoms with Crippen LogP contribution in [0.5, 0.6) is 0 Å². The summed E-state index contributed by atoms with van der Waals surface area (Å²) in [5.41, 5.74) is 1.65. The van der Waals surface area contributed by atoms with Gasteiger partial charge in [-0.25, -0.2) is 12.7 Å². The summed E-state index contributed by atoms with van der Waals surface area (Å²) in [5, 5.41) is 7.28. The number of hydrogen-bond donors (Lipinski definition) is 1. The second kappa shape index (κ2) is 9.38. The van der Waals surface area contributed by atoms with Gasteiger partial charge in [0.05, 0.1) is 10.6 Å². The lowest BCUT2D eigenvalue weighted by molar-refractivity contribution is 0.169. The average molecular weight is 421 g/mol. The van der Waals surface area contributed by atoms with Crippen LogP contribution in [0.1, 0.15) is 11.3 Å². The molecular weight excluding hydrogens is 392 g/mol.